The van der Waals surface area contributed by atoms with Crippen LogP contribution in [0, 0.1) is 60.1 Å². The molecule has 3 N–H and O–H groups in total. The lowest BCUT2D eigenvalue weighted by Crippen LogP contribution is -2.48. The van der Waals surface area contributed by atoms with Gasteiger partial charge in [0.05, 0.1) is 6.10 Å². The van der Waals surface area contributed by atoms with Crippen molar-refractivity contribution in [2.45, 2.75) is 85.8 Å². The van der Waals surface area contributed by atoms with Gasteiger partial charge in [-0.1, -0.05) is 58.9 Å². The van der Waals surface area contributed by atoms with Crippen molar-refractivity contribution in [1.82, 2.24) is 0 Å². The molecule has 5 unspecified atom stereocenters. The van der Waals surface area contributed by atoms with Gasteiger partial charge in [0.1, 0.15) is 11.6 Å². The fourth-order valence-electron chi connectivity index (χ4n) is 6.09. The lowest BCUT2D eigenvalue weighted by molar-refractivity contribution is -0.0714. The number of halogens is 2. The summed E-state index contributed by atoms with van der Waals surface area (Å²) in [5.41, 5.74) is 8.18. The number of terminal acetylenes is 2. The number of hydrogen-bond donors (Lipinski definition) is 2. The molecule has 2 nitrogen and oxygen atoms in total. The van der Waals surface area contributed by atoms with Gasteiger partial charge in [0.15, 0.2) is 0 Å². The van der Waals surface area contributed by atoms with Crippen LogP contribution in [0.3, 0.4) is 0 Å². The smallest absolute Gasteiger partial charge is 0.123 e. The first kappa shape index (κ1) is 33.6. The van der Waals surface area contributed by atoms with Gasteiger partial charge < -0.3 is 10.8 Å². The minimum absolute atomic E-state index is 0.299. The van der Waals surface area contributed by atoms with E-state index in [1.807, 2.05) is 13.8 Å². The van der Waals surface area contributed by atoms with Gasteiger partial charge in [0, 0.05) is 6.04 Å². The predicted molar refractivity (Wildman–Crippen MR) is 150 cm³/mol. The van der Waals surface area contributed by atoms with Crippen LogP contribution in [-0.2, 0) is 0 Å². The Morgan fingerprint density at radius 3 is 2.19 bits per heavy atom. The Kier molecular flexibility index (Phi) is 14.6. The molecule has 0 heterocycles. The number of nitrogens with two attached hydrogens (primary N) is 1. The van der Waals surface area contributed by atoms with E-state index < -0.39 is 6.10 Å². The number of aliphatic hydroxyl groups is 1. The third-order valence-electron chi connectivity index (χ3n) is 8.52. The van der Waals surface area contributed by atoms with Gasteiger partial charge >= 0.3 is 0 Å². The van der Waals surface area contributed by atoms with E-state index in [1.165, 1.54) is 62.1 Å². The molecule has 3 aliphatic rings. The lowest BCUT2D eigenvalue weighted by atomic mass is 9.49. The first-order chi connectivity index (χ1) is 17.2. The topological polar surface area (TPSA) is 46.2 Å². The molecule has 0 radical (unpaired) electrons. The van der Waals surface area contributed by atoms with Gasteiger partial charge in [-0.3, -0.25) is 0 Å². The second kappa shape index (κ2) is 15.7. The summed E-state index contributed by atoms with van der Waals surface area (Å²) in [5, 5.41) is 9.68. The number of aliphatic hydroxyl groups excluding tert-OH is 1. The summed E-state index contributed by atoms with van der Waals surface area (Å²) in [6.45, 7) is 12.9. The molecule has 0 bridgehead atoms. The molecule has 0 aromatic heterocycles. The largest absolute Gasteiger partial charge is 0.388 e. The van der Waals surface area contributed by atoms with Crippen LogP contribution in [0.5, 0.6) is 0 Å². The highest BCUT2D eigenvalue weighted by Gasteiger charge is 2.72. The van der Waals surface area contributed by atoms with Crippen molar-refractivity contribution in [3.8, 4) is 25.7 Å². The fourth-order valence-corrected chi connectivity index (χ4v) is 6.09. The third kappa shape index (κ3) is 7.32. The van der Waals surface area contributed by atoms with E-state index >= 15 is 0 Å². The standard InChI is InChI=1S/C13H14F2O.C13H23N.C2H6.2C2H2/c1-2-11(14)4-3-5-13(16)10-6-8-12(15)9-7-10;1-4-13-7-8(2)12(3)6-5-9(12)10(13)11(13)14;3*1-2/h2-4,6-9,13,16H,5H2,1H3;8-11H,4-7,14H2,1-3H3;1-2H3;2*1-2H/b4-3-,11-2+;;;;/t;8?,9?,10?,11-,12?,13-;;;/m.0.../s1. The molecule has 0 spiro atoms. The normalized spacial score (nSPS) is 32.0. The zero-order valence-corrected chi connectivity index (χ0v) is 23.1. The van der Waals surface area contributed by atoms with E-state index in [-0.39, 0.29) is 11.6 Å². The summed E-state index contributed by atoms with van der Waals surface area (Å²) < 4.78 is 25.3. The van der Waals surface area contributed by atoms with E-state index in [1.54, 1.807) is 13.0 Å². The van der Waals surface area contributed by atoms with Crippen molar-refractivity contribution in [2.24, 2.45) is 34.3 Å². The first-order valence-electron chi connectivity index (χ1n) is 13.0. The number of allylic oxidation sites excluding steroid dienone is 3. The molecule has 3 saturated carbocycles. The van der Waals surface area contributed by atoms with Crippen LogP contribution in [0.1, 0.15) is 85.3 Å². The monoisotopic (exact) mass is 499 g/mol. The van der Waals surface area contributed by atoms with Gasteiger partial charge in [0.2, 0.25) is 0 Å². The van der Waals surface area contributed by atoms with Gasteiger partial charge in [-0.15, -0.1) is 25.7 Å². The zero-order valence-electron chi connectivity index (χ0n) is 23.1. The lowest BCUT2D eigenvalue weighted by Gasteiger charge is -2.56. The highest BCUT2D eigenvalue weighted by Crippen LogP contribution is 2.75. The van der Waals surface area contributed by atoms with E-state index in [4.69, 9.17) is 5.73 Å². The molecule has 0 amide bonds. The van der Waals surface area contributed by atoms with Crippen LogP contribution in [-0.4, -0.2) is 11.1 Å². The van der Waals surface area contributed by atoms with Crippen LogP contribution < -0.4 is 5.73 Å². The molecular weight excluding hydrogens is 452 g/mol. The van der Waals surface area contributed by atoms with Crippen molar-refractivity contribution >= 4 is 0 Å². The molecule has 4 heteroatoms. The average molecular weight is 500 g/mol. The third-order valence-corrected chi connectivity index (χ3v) is 8.52. The number of rotatable bonds is 5. The van der Waals surface area contributed by atoms with Crippen LogP contribution in [0.4, 0.5) is 8.78 Å². The van der Waals surface area contributed by atoms with E-state index in [9.17, 15) is 13.9 Å². The summed E-state index contributed by atoms with van der Waals surface area (Å²) in [5.74, 6) is 2.09. The summed E-state index contributed by atoms with van der Waals surface area (Å²) in [6, 6.07) is 6.14. The number of hydrogen-bond acceptors (Lipinski definition) is 2. The Morgan fingerprint density at radius 2 is 1.75 bits per heavy atom. The molecular formula is C32H47F2NO. The highest BCUT2D eigenvalue weighted by molar-refractivity contribution is 5.24. The Hall–Kier alpha value is -2.40. The summed E-state index contributed by atoms with van der Waals surface area (Å²) in [7, 11) is 0. The number of benzene rings is 1. The van der Waals surface area contributed by atoms with Crippen molar-refractivity contribution in [3.63, 3.8) is 0 Å². The maximum Gasteiger partial charge on any atom is 0.123 e. The summed E-state index contributed by atoms with van der Waals surface area (Å²) in [6.07, 6.45) is 25.4. The number of fused-ring (bicyclic) bond motifs is 3. The first-order valence-corrected chi connectivity index (χ1v) is 13.0. The molecule has 1 aromatic carbocycles. The molecule has 3 aliphatic carbocycles. The quantitative estimate of drug-likeness (QED) is 0.318. The Balaban J connectivity index is 0.000000565. The van der Waals surface area contributed by atoms with E-state index in [0.717, 1.165) is 17.8 Å². The maximum absolute atomic E-state index is 12.7. The van der Waals surface area contributed by atoms with Crippen molar-refractivity contribution in [1.29, 1.82) is 0 Å². The molecule has 200 valence electrons. The van der Waals surface area contributed by atoms with Gasteiger partial charge in [-0.25, -0.2) is 8.78 Å². The van der Waals surface area contributed by atoms with Crippen LogP contribution >= 0.6 is 0 Å². The molecule has 36 heavy (non-hydrogen) atoms. The highest BCUT2D eigenvalue weighted by atomic mass is 19.1. The SMILES string of the molecule is C#C.C#C.C/C=C(F)\C=C/CC(O)c1ccc(F)cc1.CC.CC[C@]12CC(C)C3(C)CCC3C1[C@@H]2N. The van der Waals surface area contributed by atoms with Crippen LogP contribution in [0.15, 0.2) is 48.3 Å². The Morgan fingerprint density at radius 1 is 1.19 bits per heavy atom. The maximum atomic E-state index is 12.7. The molecule has 0 aliphatic heterocycles. The van der Waals surface area contributed by atoms with Crippen LogP contribution in [0.25, 0.3) is 0 Å². The van der Waals surface area contributed by atoms with Gasteiger partial charge in [-0.05, 0) is 91.4 Å². The summed E-state index contributed by atoms with van der Waals surface area (Å²) in [4.78, 5) is 0. The van der Waals surface area contributed by atoms with Crippen LogP contribution in [0.2, 0.25) is 0 Å². The molecule has 1 aromatic rings. The molecule has 3 fully saturated rings. The Labute approximate surface area is 219 Å². The predicted octanol–water partition coefficient (Wildman–Crippen LogP) is 8.00. The van der Waals surface area contributed by atoms with Crippen molar-refractivity contribution in [2.75, 3.05) is 0 Å². The van der Waals surface area contributed by atoms with E-state index in [0.29, 0.717) is 28.9 Å². The molecule has 7 atom stereocenters. The van der Waals surface area contributed by atoms with Gasteiger partial charge in [0.25, 0.3) is 0 Å². The fraction of sp³-hybridized carbons (Fsp3) is 0.562. The van der Waals surface area contributed by atoms with Crippen molar-refractivity contribution in [3.05, 3.63) is 59.7 Å². The van der Waals surface area contributed by atoms with Crippen molar-refractivity contribution < 1.29 is 13.9 Å². The molecule has 4 rings (SSSR count). The second-order valence-electron chi connectivity index (χ2n) is 9.77. The Bertz CT molecular complexity index is 865. The van der Waals surface area contributed by atoms with Gasteiger partial charge in [-0.2, -0.15) is 0 Å². The minimum Gasteiger partial charge on any atom is -0.388 e. The average Bonchev–Trinajstić information content (AvgIpc) is 3.48. The zero-order chi connectivity index (χ0) is 28.1. The summed E-state index contributed by atoms with van der Waals surface area (Å²) >= 11 is 0. The molecule has 0 saturated heterocycles. The van der Waals surface area contributed by atoms with E-state index in [2.05, 4.69) is 46.5 Å². The second-order valence-corrected chi connectivity index (χ2v) is 9.77. The minimum atomic E-state index is -0.735.